The number of carboxylic acid groups (broad SMARTS) is 1. The first kappa shape index (κ1) is 12.1. The third-order valence-electron chi connectivity index (χ3n) is 2.66. The first-order valence-corrected chi connectivity index (χ1v) is 5.48. The molecule has 1 aromatic carbocycles. The van der Waals surface area contributed by atoms with Crippen LogP contribution >= 0.6 is 0 Å². The normalized spacial score (nSPS) is 16.5. The molecule has 2 N–H and O–H groups in total. The topological polar surface area (TPSA) is 49.3 Å². The fourth-order valence-electron chi connectivity index (χ4n) is 1.77. The number of hydrogen-bond donors (Lipinski definition) is 2. The number of hydrogen-bond acceptors (Lipinski definition) is 2. The zero-order chi connectivity index (χ0) is 13.0. The average molecular weight is 245 g/mol. The van der Waals surface area contributed by atoms with E-state index in [2.05, 4.69) is 0 Å². The molecule has 0 spiro atoms. The highest BCUT2D eigenvalue weighted by atomic mass is 19.2. The summed E-state index contributed by atoms with van der Waals surface area (Å²) in [5.41, 5.74) is 3.77. The van der Waals surface area contributed by atoms with Gasteiger partial charge in [0.05, 0.1) is 11.3 Å². The van der Waals surface area contributed by atoms with E-state index in [1.54, 1.807) is 42.0 Å². The Labute approximate surface area is 104 Å². The molecule has 0 atom stereocenters. The number of allylic oxidation sites excluding steroid dienone is 4. The lowest BCUT2D eigenvalue weighted by Crippen LogP contribution is -2.05. The zero-order valence-corrected chi connectivity index (χ0v) is 9.56. The van der Waals surface area contributed by atoms with Gasteiger partial charge in [0.15, 0.2) is 0 Å². The van der Waals surface area contributed by atoms with Crippen LogP contribution in [0.1, 0.15) is 22.3 Å². The molecule has 0 saturated heterocycles. The molecular weight excluding hydrogens is 233 g/mol. The van der Waals surface area contributed by atoms with Crippen molar-refractivity contribution in [3.63, 3.8) is 0 Å². The Morgan fingerprint density at radius 3 is 3.00 bits per heavy atom. The fraction of sp³-hybridized carbons (Fsp3) is 0.0714. The van der Waals surface area contributed by atoms with Gasteiger partial charge in [-0.1, -0.05) is 24.3 Å². The van der Waals surface area contributed by atoms with Gasteiger partial charge in [-0.25, -0.2) is 10.3 Å². The first-order valence-electron chi connectivity index (χ1n) is 5.48. The quantitative estimate of drug-likeness (QED) is 0.804. The number of carboxylic acids is 1. The van der Waals surface area contributed by atoms with Crippen molar-refractivity contribution in [2.24, 2.45) is 0 Å². The molecule has 0 heterocycles. The minimum Gasteiger partial charge on any atom is -0.478 e. The molecule has 0 aromatic heterocycles. The minimum absolute atomic E-state index is 0.217. The lowest BCUT2D eigenvalue weighted by molar-refractivity contribution is 0.0697. The van der Waals surface area contributed by atoms with Crippen LogP contribution in [0.4, 0.5) is 4.48 Å². The van der Waals surface area contributed by atoms with Crippen molar-refractivity contribution in [3.8, 4) is 0 Å². The van der Waals surface area contributed by atoms with E-state index in [4.69, 9.17) is 5.11 Å². The molecule has 1 aliphatic carbocycles. The molecule has 92 valence electrons. The van der Waals surface area contributed by atoms with Gasteiger partial charge < -0.3 is 5.11 Å². The molecule has 4 heteroatoms. The van der Waals surface area contributed by atoms with Crippen molar-refractivity contribution in [2.45, 2.75) is 6.42 Å². The molecule has 0 fully saturated rings. The van der Waals surface area contributed by atoms with Crippen molar-refractivity contribution in [3.05, 3.63) is 64.9 Å². The third kappa shape index (κ3) is 2.66. The van der Waals surface area contributed by atoms with Crippen LogP contribution in [-0.4, -0.2) is 11.1 Å². The Bertz CT molecular complexity index is 559. The minimum atomic E-state index is -0.974. The molecule has 0 unspecified atom stereocenters. The second kappa shape index (κ2) is 5.31. The van der Waals surface area contributed by atoms with Crippen LogP contribution in [0.5, 0.6) is 0 Å². The zero-order valence-electron chi connectivity index (χ0n) is 9.56. The Morgan fingerprint density at radius 2 is 2.28 bits per heavy atom. The van der Waals surface area contributed by atoms with Crippen molar-refractivity contribution in [2.75, 3.05) is 0 Å². The van der Waals surface area contributed by atoms with Gasteiger partial charge in [0.25, 0.3) is 0 Å². The van der Waals surface area contributed by atoms with Gasteiger partial charge in [-0.2, -0.15) is 0 Å². The number of carbonyl (C=O) groups is 1. The molecule has 1 aliphatic rings. The van der Waals surface area contributed by atoms with Crippen molar-refractivity contribution < 1.29 is 14.4 Å². The van der Waals surface area contributed by atoms with Gasteiger partial charge in [0, 0.05) is 0 Å². The Hall–Kier alpha value is -2.36. The van der Waals surface area contributed by atoms with Crippen LogP contribution in [0.15, 0.2) is 53.8 Å². The van der Waals surface area contributed by atoms with E-state index in [1.807, 2.05) is 6.08 Å². The molecule has 0 radical (unpaired) electrons. The lowest BCUT2D eigenvalue weighted by Gasteiger charge is -2.10. The van der Waals surface area contributed by atoms with Crippen molar-refractivity contribution in [1.29, 1.82) is 0 Å². The lowest BCUT2D eigenvalue weighted by atomic mass is 10.0. The smallest absolute Gasteiger partial charge is 0.335 e. The number of nitrogens with one attached hydrogen (secondary N) is 1. The van der Waals surface area contributed by atoms with Gasteiger partial charge >= 0.3 is 5.97 Å². The van der Waals surface area contributed by atoms with Crippen LogP contribution in [0.3, 0.4) is 0 Å². The van der Waals surface area contributed by atoms with E-state index >= 15 is 0 Å². The molecule has 18 heavy (non-hydrogen) atoms. The molecule has 0 aliphatic heterocycles. The SMILES string of the molecule is O=C(O)c1cccc(C=C2CC=CC=C2NF)c1. The van der Waals surface area contributed by atoms with E-state index < -0.39 is 5.97 Å². The summed E-state index contributed by atoms with van der Waals surface area (Å²) in [6, 6.07) is 6.53. The number of benzene rings is 1. The Kier molecular flexibility index (Phi) is 3.57. The van der Waals surface area contributed by atoms with Crippen molar-refractivity contribution in [1.82, 2.24) is 5.54 Å². The van der Waals surface area contributed by atoms with E-state index in [9.17, 15) is 9.28 Å². The maximum atomic E-state index is 12.6. The third-order valence-corrected chi connectivity index (χ3v) is 2.66. The van der Waals surface area contributed by atoms with E-state index in [0.29, 0.717) is 12.1 Å². The van der Waals surface area contributed by atoms with Crippen LogP contribution in [0, 0.1) is 0 Å². The predicted octanol–water partition coefficient (Wildman–Crippen LogP) is 3.09. The fourth-order valence-corrected chi connectivity index (χ4v) is 1.77. The van der Waals surface area contributed by atoms with Crippen LogP contribution in [0.25, 0.3) is 6.08 Å². The second-order valence-corrected chi connectivity index (χ2v) is 3.91. The van der Waals surface area contributed by atoms with Gasteiger partial charge in [-0.15, -0.1) is 4.48 Å². The Morgan fingerprint density at radius 1 is 1.44 bits per heavy atom. The van der Waals surface area contributed by atoms with E-state index in [0.717, 1.165) is 11.1 Å². The summed E-state index contributed by atoms with van der Waals surface area (Å²) >= 11 is 0. The monoisotopic (exact) mass is 245 g/mol. The van der Waals surface area contributed by atoms with Gasteiger partial charge in [0.1, 0.15) is 0 Å². The molecule has 0 bridgehead atoms. The standard InChI is InChI=1S/C14H12FNO2/c15-16-13-7-2-1-5-11(13)8-10-4-3-6-12(9-10)14(17)18/h1-4,6-9,16H,5H2,(H,17,18). The molecule has 2 rings (SSSR count). The maximum Gasteiger partial charge on any atom is 0.335 e. The van der Waals surface area contributed by atoms with Crippen LogP contribution in [-0.2, 0) is 0 Å². The molecular formula is C14H12FNO2. The molecule has 1 aromatic rings. The summed E-state index contributed by atoms with van der Waals surface area (Å²) in [5.74, 6) is -0.974. The molecule has 0 saturated carbocycles. The largest absolute Gasteiger partial charge is 0.478 e. The average Bonchev–Trinajstić information content (AvgIpc) is 2.39. The summed E-state index contributed by atoms with van der Waals surface area (Å²) in [6.07, 6.45) is 7.70. The summed E-state index contributed by atoms with van der Waals surface area (Å²) in [5, 5.41) is 8.90. The summed E-state index contributed by atoms with van der Waals surface area (Å²) < 4.78 is 12.6. The van der Waals surface area contributed by atoms with Crippen molar-refractivity contribution >= 4 is 12.0 Å². The second-order valence-electron chi connectivity index (χ2n) is 3.91. The van der Waals surface area contributed by atoms with Gasteiger partial charge in [-0.05, 0) is 41.8 Å². The first-order chi connectivity index (χ1) is 8.70. The number of halogens is 1. The summed E-state index contributed by atoms with van der Waals surface area (Å²) in [7, 11) is 0. The Balaban J connectivity index is 2.33. The number of rotatable bonds is 3. The summed E-state index contributed by atoms with van der Waals surface area (Å²) in [4.78, 5) is 10.9. The predicted molar refractivity (Wildman–Crippen MR) is 67.5 cm³/mol. The summed E-state index contributed by atoms with van der Waals surface area (Å²) in [6.45, 7) is 0. The molecule has 3 nitrogen and oxygen atoms in total. The van der Waals surface area contributed by atoms with E-state index in [1.165, 1.54) is 6.07 Å². The van der Waals surface area contributed by atoms with Crippen LogP contribution < -0.4 is 5.54 Å². The van der Waals surface area contributed by atoms with Crippen LogP contribution in [0.2, 0.25) is 0 Å². The maximum absolute atomic E-state index is 12.6. The molecule has 0 amide bonds. The van der Waals surface area contributed by atoms with Gasteiger partial charge in [-0.3, -0.25) is 0 Å². The van der Waals surface area contributed by atoms with E-state index in [-0.39, 0.29) is 5.56 Å². The van der Waals surface area contributed by atoms with Gasteiger partial charge in [0.2, 0.25) is 0 Å². The highest BCUT2D eigenvalue weighted by Gasteiger charge is 2.07. The number of aromatic carboxylic acids is 1. The highest BCUT2D eigenvalue weighted by Crippen LogP contribution is 2.21. The highest BCUT2D eigenvalue weighted by molar-refractivity contribution is 5.88.